The quantitative estimate of drug-likeness (QED) is 0.492. The highest BCUT2D eigenvalue weighted by Crippen LogP contribution is 2.23. The summed E-state index contributed by atoms with van der Waals surface area (Å²) >= 11 is 0. The monoisotopic (exact) mass is 340 g/mol. The summed E-state index contributed by atoms with van der Waals surface area (Å²) in [7, 11) is 1.74. The first-order valence-corrected chi connectivity index (χ1v) is 8.40. The van der Waals surface area contributed by atoms with Gasteiger partial charge in [-0.15, -0.1) is 0 Å². The van der Waals surface area contributed by atoms with Crippen LogP contribution < -0.4 is 22.2 Å². The molecule has 7 heteroatoms. The fraction of sp³-hybridized carbons (Fsp3) is 0.333. The van der Waals surface area contributed by atoms with E-state index in [9.17, 15) is 4.79 Å². The van der Waals surface area contributed by atoms with E-state index in [-0.39, 0.29) is 11.8 Å². The van der Waals surface area contributed by atoms with Gasteiger partial charge in [-0.2, -0.15) is 0 Å². The number of rotatable bonds is 4. The molecule has 0 saturated carbocycles. The number of amides is 1. The first-order valence-electron chi connectivity index (χ1n) is 8.40. The molecule has 2 aromatic rings. The summed E-state index contributed by atoms with van der Waals surface area (Å²) in [6.45, 7) is 1.76. The molecule has 1 aromatic carbocycles. The van der Waals surface area contributed by atoms with Crippen molar-refractivity contribution in [3.05, 3.63) is 42.2 Å². The molecule has 6 N–H and O–H groups in total. The number of benzene rings is 1. The maximum absolute atomic E-state index is 12.4. The van der Waals surface area contributed by atoms with Crippen LogP contribution in [0.15, 0.2) is 36.7 Å². The van der Waals surface area contributed by atoms with Crippen molar-refractivity contribution in [2.75, 3.05) is 25.5 Å². The highest BCUT2D eigenvalue weighted by Gasteiger charge is 2.21. The molecule has 1 saturated heterocycles. The first kappa shape index (κ1) is 17.2. The predicted octanol–water partition coefficient (Wildman–Crippen LogP) is 1.24. The van der Waals surface area contributed by atoms with Crippen molar-refractivity contribution in [1.82, 2.24) is 15.3 Å². The SMILES string of the molecule is CN(N)/C(=C\N)c1ccc2cnc(NC(=O)C3CCNCC3)cc2c1. The highest BCUT2D eigenvalue weighted by atomic mass is 16.1. The van der Waals surface area contributed by atoms with Crippen LogP contribution in [0.4, 0.5) is 5.82 Å². The van der Waals surface area contributed by atoms with Crippen LogP contribution in [-0.4, -0.2) is 36.0 Å². The summed E-state index contributed by atoms with van der Waals surface area (Å²) in [5.74, 6) is 6.45. The Morgan fingerprint density at radius 3 is 2.76 bits per heavy atom. The lowest BCUT2D eigenvalue weighted by Crippen LogP contribution is -2.34. The van der Waals surface area contributed by atoms with Gasteiger partial charge in [0.05, 0.1) is 5.70 Å². The van der Waals surface area contributed by atoms with E-state index < -0.39 is 0 Å². The zero-order valence-electron chi connectivity index (χ0n) is 14.3. The Labute approximate surface area is 147 Å². The Hall–Kier alpha value is -2.64. The first-order chi connectivity index (χ1) is 12.1. The summed E-state index contributed by atoms with van der Waals surface area (Å²) in [6.07, 6.45) is 4.95. The molecular weight excluding hydrogens is 316 g/mol. The molecular formula is C18H24N6O. The standard InChI is InChI=1S/C18H24N6O/c1-24(20)16(10-19)13-2-3-14-11-22-17(9-15(14)8-13)23-18(25)12-4-6-21-7-5-12/h2-3,8-12,21H,4-7,19-20H2,1H3,(H,22,23,25)/b16-10-. The zero-order chi connectivity index (χ0) is 17.8. The molecule has 0 unspecified atom stereocenters. The van der Waals surface area contributed by atoms with E-state index in [4.69, 9.17) is 11.6 Å². The second-order valence-electron chi connectivity index (χ2n) is 6.31. The van der Waals surface area contributed by atoms with Gasteiger partial charge < -0.3 is 21.4 Å². The molecule has 2 heterocycles. The predicted molar refractivity (Wildman–Crippen MR) is 100 cm³/mol. The van der Waals surface area contributed by atoms with Gasteiger partial charge in [0, 0.05) is 36.3 Å². The lowest BCUT2D eigenvalue weighted by molar-refractivity contribution is -0.120. The second kappa shape index (κ2) is 7.50. The number of hydrogen-bond acceptors (Lipinski definition) is 6. The van der Waals surface area contributed by atoms with E-state index >= 15 is 0 Å². The number of nitrogens with one attached hydrogen (secondary N) is 2. The minimum atomic E-state index is 0.0359. The number of nitrogens with two attached hydrogens (primary N) is 2. The van der Waals surface area contributed by atoms with Crippen LogP contribution in [0.25, 0.3) is 16.5 Å². The van der Waals surface area contributed by atoms with Crippen molar-refractivity contribution < 1.29 is 4.79 Å². The highest BCUT2D eigenvalue weighted by molar-refractivity contribution is 5.94. The summed E-state index contributed by atoms with van der Waals surface area (Å²) in [6, 6.07) is 7.77. The summed E-state index contributed by atoms with van der Waals surface area (Å²) in [5.41, 5.74) is 7.30. The second-order valence-corrected chi connectivity index (χ2v) is 6.31. The van der Waals surface area contributed by atoms with Crippen LogP contribution in [0.5, 0.6) is 0 Å². The minimum absolute atomic E-state index is 0.0359. The molecule has 1 amide bonds. The van der Waals surface area contributed by atoms with E-state index in [0.29, 0.717) is 5.82 Å². The molecule has 0 radical (unpaired) electrons. The average Bonchev–Trinajstić information content (AvgIpc) is 2.62. The van der Waals surface area contributed by atoms with Gasteiger partial charge in [-0.25, -0.2) is 10.8 Å². The number of carbonyl (C=O) groups is 1. The van der Waals surface area contributed by atoms with Crippen molar-refractivity contribution in [2.24, 2.45) is 17.5 Å². The number of hydrogen-bond donors (Lipinski definition) is 4. The van der Waals surface area contributed by atoms with Crippen LogP contribution in [0.3, 0.4) is 0 Å². The Kier molecular flexibility index (Phi) is 5.16. The van der Waals surface area contributed by atoms with Crippen LogP contribution in [0.2, 0.25) is 0 Å². The molecule has 0 atom stereocenters. The Morgan fingerprint density at radius 2 is 2.08 bits per heavy atom. The van der Waals surface area contributed by atoms with Crippen LogP contribution >= 0.6 is 0 Å². The van der Waals surface area contributed by atoms with Crippen molar-refractivity contribution >= 4 is 28.2 Å². The Morgan fingerprint density at radius 1 is 1.32 bits per heavy atom. The van der Waals surface area contributed by atoms with E-state index in [1.807, 2.05) is 24.3 Å². The van der Waals surface area contributed by atoms with Crippen molar-refractivity contribution in [3.63, 3.8) is 0 Å². The Bertz CT molecular complexity index is 795. The van der Waals surface area contributed by atoms with Gasteiger partial charge in [0.25, 0.3) is 0 Å². The van der Waals surface area contributed by atoms with Gasteiger partial charge in [0.2, 0.25) is 5.91 Å². The normalized spacial score (nSPS) is 16.0. The molecule has 7 nitrogen and oxygen atoms in total. The van der Waals surface area contributed by atoms with Crippen molar-refractivity contribution in [2.45, 2.75) is 12.8 Å². The number of anilines is 1. The summed E-state index contributed by atoms with van der Waals surface area (Å²) in [4.78, 5) is 16.7. The fourth-order valence-corrected chi connectivity index (χ4v) is 3.10. The van der Waals surface area contributed by atoms with Gasteiger partial charge in [0.1, 0.15) is 5.82 Å². The van der Waals surface area contributed by atoms with Gasteiger partial charge in [-0.05, 0) is 43.5 Å². The van der Waals surface area contributed by atoms with Gasteiger partial charge in [-0.3, -0.25) is 4.79 Å². The van der Waals surface area contributed by atoms with E-state index in [0.717, 1.165) is 48.0 Å². The third-order valence-corrected chi connectivity index (χ3v) is 4.52. The number of nitrogens with zero attached hydrogens (tertiary/aromatic N) is 2. The largest absolute Gasteiger partial charge is 0.403 e. The fourth-order valence-electron chi connectivity index (χ4n) is 3.10. The van der Waals surface area contributed by atoms with Crippen molar-refractivity contribution in [3.8, 4) is 0 Å². The molecule has 1 aromatic heterocycles. The number of piperidine rings is 1. The number of fused-ring (bicyclic) bond motifs is 1. The van der Waals surface area contributed by atoms with Crippen LogP contribution in [-0.2, 0) is 4.79 Å². The van der Waals surface area contributed by atoms with Gasteiger partial charge in [0.15, 0.2) is 0 Å². The molecule has 132 valence electrons. The van der Waals surface area contributed by atoms with Crippen LogP contribution in [0.1, 0.15) is 18.4 Å². The minimum Gasteiger partial charge on any atom is -0.403 e. The van der Waals surface area contributed by atoms with Gasteiger partial charge >= 0.3 is 0 Å². The third kappa shape index (κ3) is 3.89. The van der Waals surface area contributed by atoms with Gasteiger partial charge in [-0.1, -0.05) is 12.1 Å². The molecule has 0 spiro atoms. The Balaban J connectivity index is 1.84. The molecule has 1 fully saturated rings. The lowest BCUT2D eigenvalue weighted by Gasteiger charge is -2.21. The molecule has 0 bridgehead atoms. The van der Waals surface area contributed by atoms with E-state index in [1.165, 1.54) is 11.2 Å². The summed E-state index contributed by atoms with van der Waals surface area (Å²) < 4.78 is 0. The zero-order valence-corrected chi connectivity index (χ0v) is 14.3. The number of aromatic nitrogens is 1. The lowest BCUT2D eigenvalue weighted by atomic mass is 9.97. The number of carbonyl (C=O) groups excluding carboxylic acids is 1. The topological polar surface area (TPSA) is 109 Å². The smallest absolute Gasteiger partial charge is 0.228 e. The van der Waals surface area contributed by atoms with E-state index in [1.54, 1.807) is 13.2 Å². The van der Waals surface area contributed by atoms with Crippen molar-refractivity contribution in [1.29, 1.82) is 0 Å². The molecule has 1 aliphatic rings. The maximum Gasteiger partial charge on any atom is 0.228 e. The van der Waals surface area contributed by atoms with E-state index in [2.05, 4.69) is 15.6 Å². The number of hydrazine groups is 1. The molecule has 25 heavy (non-hydrogen) atoms. The van der Waals surface area contributed by atoms with Crippen LogP contribution in [0, 0.1) is 5.92 Å². The molecule has 3 rings (SSSR count). The maximum atomic E-state index is 12.4. The summed E-state index contributed by atoms with van der Waals surface area (Å²) in [5, 5.41) is 9.63. The molecule has 0 aliphatic carbocycles. The number of pyridine rings is 1. The molecule has 1 aliphatic heterocycles. The average molecular weight is 340 g/mol. The third-order valence-electron chi connectivity index (χ3n) is 4.52.